The molecule has 6 heteroatoms. The number of hydrogen-bond acceptors (Lipinski definition) is 3. The zero-order valence-electron chi connectivity index (χ0n) is 13.7. The average molecular weight is 322 g/mol. The van der Waals surface area contributed by atoms with E-state index in [9.17, 15) is 14.7 Å². The van der Waals surface area contributed by atoms with E-state index in [-0.39, 0.29) is 18.5 Å². The molecule has 3 N–H and O–H groups in total. The third kappa shape index (κ3) is 8.21. The van der Waals surface area contributed by atoms with Crippen LogP contribution in [0.15, 0.2) is 30.3 Å². The zero-order valence-corrected chi connectivity index (χ0v) is 13.7. The van der Waals surface area contributed by atoms with E-state index in [2.05, 4.69) is 5.32 Å². The average Bonchev–Trinajstić information content (AvgIpc) is 2.51. The van der Waals surface area contributed by atoms with E-state index in [0.29, 0.717) is 25.8 Å². The van der Waals surface area contributed by atoms with Gasteiger partial charge in [-0.1, -0.05) is 30.3 Å². The predicted molar refractivity (Wildman–Crippen MR) is 88.3 cm³/mol. The monoisotopic (exact) mass is 322 g/mol. The van der Waals surface area contributed by atoms with Gasteiger partial charge < -0.3 is 20.4 Å². The third-order valence-electron chi connectivity index (χ3n) is 3.59. The highest BCUT2D eigenvalue weighted by Gasteiger charge is 2.17. The lowest BCUT2D eigenvalue weighted by molar-refractivity contribution is -0.137. The molecule has 128 valence electrons. The Morgan fingerprint density at radius 2 is 1.87 bits per heavy atom. The van der Waals surface area contributed by atoms with Crippen molar-refractivity contribution >= 4 is 12.0 Å². The van der Waals surface area contributed by atoms with Crippen molar-refractivity contribution < 1.29 is 19.8 Å². The molecule has 0 aliphatic heterocycles. The van der Waals surface area contributed by atoms with E-state index < -0.39 is 12.1 Å². The summed E-state index contributed by atoms with van der Waals surface area (Å²) >= 11 is 0. The second-order valence-electron chi connectivity index (χ2n) is 5.83. The molecule has 0 fully saturated rings. The summed E-state index contributed by atoms with van der Waals surface area (Å²) in [4.78, 5) is 24.5. The van der Waals surface area contributed by atoms with E-state index in [1.54, 1.807) is 14.0 Å². The van der Waals surface area contributed by atoms with Crippen LogP contribution in [-0.2, 0) is 11.2 Å². The number of rotatable bonds is 9. The summed E-state index contributed by atoms with van der Waals surface area (Å²) in [5.41, 5.74) is 1.05. The molecule has 23 heavy (non-hydrogen) atoms. The topological polar surface area (TPSA) is 89.9 Å². The fourth-order valence-corrected chi connectivity index (χ4v) is 2.19. The summed E-state index contributed by atoms with van der Waals surface area (Å²) in [6.45, 7) is 2.12. The van der Waals surface area contributed by atoms with Gasteiger partial charge in [-0.25, -0.2) is 4.79 Å². The summed E-state index contributed by atoms with van der Waals surface area (Å²) < 4.78 is 0. The molecule has 0 aliphatic rings. The minimum Gasteiger partial charge on any atom is -0.481 e. The van der Waals surface area contributed by atoms with Gasteiger partial charge >= 0.3 is 12.0 Å². The van der Waals surface area contributed by atoms with E-state index in [0.717, 1.165) is 5.56 Å². The Balaban J connectivity index is 2.60. The number of carboxylic acids is 1. The van der Waals surface area contributed by atoms with Crippen LogP contribution in [0, 0.1) is 0 Å². The molecular weight excluding hydrogens is 296 g/mol. The van der Waals surface area contributed by atoms with Gasteiger partial charge in [-0.15, -0.1) is 0 Å². The van der Waals surface area contributed by atoms with Gasteiger partial charge in [0.05, 0.1) is 6.10 Å². The number of nitrogens with one attached hydrogen (secondary N) is 1. The maximum atomic E-state index is 12.2. The summed E-state index contributed by atoms with van der Waals surface area (Å²) in [5.74, 6) is -0.875. The van der Waals surface area contributed by atoms with Gasteiger partial charge in [-0.2, -0.15) is 0 Å². The maximum absolute atomic E-state index is 12.2. The molecule has 2 unspecified atom stereocenters. The first-order chi connectivity index (χ1) is 10.9. The minimum absolute atomic E-state index is 0.00910. The molecular formula is C17H26N2O4. The Hall–Kier alpha value is -2.08. The summed E-state index contributed by atoms with van der Waals surface area (Å²) in [5, 5.41) is 21.0. The van der Waals surface area contributed by atoms with Gasteiger partial charge in [0.1, 0.15) is 0 Å². The molecule has 0 aromatic heterocycles. The Kier molecular flexibility index (Phi) is 8.11. The first kappa shape index (κ1) is 19.0. The van der Waals surface area contributed by atoms with Gasteiger partial charge in [0, 0.05) is 26.1 Å². The lowest BCUT2D eigenvalue weighted by Gasteiger charge is -2.24. The van der Waals surface area contributed by atoms with Crippen LogP contribution in [0.2, 0.25) is 0 Å². The second-order valence-corrected chi connectivity index (χ2v) is 5.83. The zero-order chi connectivity index (χ0) is 17.2. The van der Waals surface area contributed by atoms with E-state index >= 15 is 0 Å². The Labute approximate surface area is 137 Å². The third-order valence-corrected chi connectivity index (χ3v) is 3.59. The Morgan fingerprint density at radius 1 is 1.22 bits per heavy atom. The summed E-state index contributed by atoms with van der Waals surface area (Å²) in [7, 11) is 1.66. The van der Waals surface area contributed by atoms with Gasteiger partial charge in [0.25, 0.3) is 0 Å². The molecule has 2 amide bonds. The molecule has 0 saturated carbocycles. The number of amides is 2. The molecule has 0 heterocycles. The number of carbonyl (C=O) groups is 2. The lowest BCUT2D eigenvalue weighted by Crippen LogP contribution is -2.44. The molecule has 1 aromatic carbocycles. The number of hydrogen-bond donors (Lipinski definition) is 3. The quantitative estimate of drug-likeness (QED) is 0.647. The van der Waals surface area contributed by atoms with E-state index in [1.807, 2.05) is 30.3 Å². The van der Waals surface area contributed by atoms with Gasteiger partial charge in [-0.3, -0.25) is 4.79 Å². The van der Waals surface area contributed by atoms with Gasteiger partial charge in [0.2, 0.25) is 0 Å². The summed E-state index contributed by atoms with van der Waals surface area (Å²) in [6.07, 6.45) is 1.01. The number of urea groups is 1. The van der Waals surface area contributed by atoms with Gasteiger partial charge in [-0.05, 0) is 31.7 Å². The Morgan fingerprint density at radius 3 is 2.43 bits per heavy atom. The van der Waals surface area contributed by atoms with Crippen LogP contribution >= 0.6 is 0 Å². The van der Waals surface area contributed by atoms with Crippen molar-refractivity contribution in [3.8, 4) is 0 Å². The van der Waals surface area contributed by atoms with Crippen LogP contribution in [0.25, 0.3) is 0 Å². The SMILES string of the molecule is CC(O)CCN(C)C(=O)NC(CCC(=O)O)Cc1ccccc1. The molecule has 0 saturated heterocycles. The molecule has 1 aromatic rings. The Bertz CT molecular complexity index is 491. The highest BCUT2D eigenvalue weighted by Crippen LogP contribution is 2.08. The molecule has 1 rings (SSSR count). The number of benzene rings is 1. The van der Waals surface area contributed by atoms with Crippen LogP contribution in [0.3, 0.4) is 0 Å². The number of carbonyl (C=O) groups excluding carboxylic acids is 1. The number of nitrogens with zero attached hydrogens (tertiary/aromatic N) is 1. The van der Waals surface area contributed by atoms with Crippen molar-refractivity contribution in [2.24, 2.45) is 0 Å². The van der Waals surface area contributed by atoms with Crippen LogP contribution in [0.1, 0.15) is 31.7 Å². The number of aliphatic hydroxyl groups is 1. The van der Waals surface area contributed by atoms with Crippen molar-refractivity contribution in [1.82, 2.24) is 10.2 Å². The van der Waals surface area contributed by atoms with E-state index in [1.165, 1.54) is 4.90 Å². The lowest BCUT2D eigenvalue weighted by atomic mass is 10.0. The number of carboxylic acid groups (broad SMARTS) is 1. The van der Waals surface area contributed by atoms with Crippen molar-refractivity contribution in [2.45, 2.75) is 44.8 Å². The summed E-state index contributed by atoms with van der Waals surface area (Å²) in [6, 6.07) is 9.17. The fourth-order valence-electron chi connectivity index (χ4n) is 2.19. The van der Waals surface area contributed by atoms with Crippen LogP contribution in [0.5, 0.6) is 0 Å². The van der Waals surface area contributed by atoms with Crippen molar-refractivity contribution in [1.29, 1.82) is 0 Å². The molecule has 6 nitrogen and oxygen atoms in total. The first-order valence-corrected chi connectivity index (χ1v) is 7.84. The fraction of sp³-hybridized carbons (Fsp3) is 0.529. The second kappa shape index (κ2) is 9.84. The maximum Gasteiger partial charge on any atom is 0.317 e. The van der Waals surface area contributed by atoms with Crippen molar-refractivity contribution in [3.63, 3.8) is 0 Å². The predicted octanol–water partition coefficient (Wildman–Crippen LogP) is 1.87. The normalized spacial score (nSPS) is 13.2. The molecule has 0 radical (unpaired) electrons. The minimum atomic E-state index is -0.875. The number of aliphatic hydroxyl groups excluding tert-OH is 1. The largest absolute Gasteiger partial charge is 0.481 e. The van der Waals surface area contributed by atoms with Crippen molar-refractivity contribution in [2.75, 3.05) is 13.6 Å². The molecule has 0 spiro atoms. The van der Waals surface area contributed by atoms with Crippen molar-refractivity contribution in [3.05, 3.63) is 35.9 Å². The number of aliphatic carboxylic acids is 1. The smallest absolute Gasteiger partial charge is 0.317 e. The first-order valence-electron chi connectivity index (χ1n) is 7.84. The van der Waals surface area contributed by atoms with Gasteiger partial charge in [0.15, 0.2) is 0 Å². The highest BCUT2D eigenvalue weighted by atomic mass is 16.4. The van der Waals surface area contributed by atoms with Crippen LogP contribution in [-0.4, -0.2) is 52.9 Å². The van der Waals surface area contributed by atoms with E-state index in [4.69, 9.17) is 5.11 Å². The van der Waals surface area contributed by atoms with Crippen LogP contribution < -0.4 is 5.32 Å². The molecule has 0 aliphatic carbocycles. The van der Waals surface area contributed by atoms with Crippen LogP contribution in [0.4, 0.5) is 4.79 Å². The highest BCUT2D eigenvalue weighted by molar-refractivity contribution is 5.74. The molecule has 0 bridgehead atoms. The standard InChI is InChI=1S/C17H26N2O4/c1-13(20)10-11-19(2)17(23)18-15(8-9-16(21)22)12-14-6-4-3-5-7-14/h3-7,13,15,20H,8-12H2,1-2H3,(H,18,23)(H,21,22). The molecule has 2 atom stereocenters.